The predicted octanol–water partition coefficient (Wildman–Crippen LogP) is 3.05. The van der Waals surface area contributed by atoms with E-state index in [-0.39, 0.29) is 11.0 Å². The first-order valence-electron chi connectivity index (χ1n) is 6.65. The van der Waals surface area contributed by atoms with Crippen LogP contribution in [0.2, 0.25) is 10.2 Å². The highest BCUT2D eigenvalue weighted by atomic mass is 35.5. The molecule has 9 heteroatoms. The molecule has 120 valence electrons. The standard InChI is InChI=1S/C15H10Cl2N6S/c1-23-7-5-9(22-23)2-3-10-13(17)11(4-6-19-10)24-15-14(18)21-12(16)8-20-15/h4-8H,1H3,(H2,18,21). The van der Waals surface area contributed by atoms with Gasteiger partial charge in [-0.1, -0.05) is 35.0 Å². The Morgan fingerprint density at radius 1 is 1.21 bits per heavy atom. The van der Waals surface area contributed by atoms with Gasteiger partial charge in [-0.05, 0) is 24.0 Å². The van der Waals surface area contributed by atoms with Gasteiger partial charge in [0.1, 0.15) is 21.6 Å². The highest BCUT2D eigenvalue weighted by molar-refractivity contribution is 7.99. The Labute approximate surface area is 152 Å². The molecule has 0 saturated carbocycles. The Hall–Kier alpha value is -2.27. The molecular weight excluding hydrogens is 367 g/mol. The van der Waals surface area contributed by atoms with E-state index < -0.39 is 0 Å². The van der Waals surface area contributed by atoms with Gasteiger partial charge in [-0.3, -0.25) is 4.68 Å². The summed E-state index contributed by atoms with van der Waals surface area (Å²) in [6.45, 7) is 0. The molecule has 24 heavy (non-hydrogen) atoms. The summed E-state index contributed by atoms with van der Waals surface area (Å²) in [5, 5.41) is 5.35. The van der Waals surface area contributed by atoms with Crippen molar-refractivity contribution in [2.45, 2.75) is 9.92 Å². The second-order valence-electron chi connectivity index (χ2n) is 4.58. The maximum atomic E-state index is 6.39. The summed E-state index contributed by atoms with van der Waals surface area (Å²) in [5.74, 6) is 6.08. The zero-order valence-electron chi connectivity index (χ0n) is 12.4. The van der Waals surface area contributed by atoms with Crippen molar-refractivity contribution in [3.05, 3.63) is 52.3 Å². The molecular formula is C15H10Cl2N6S. The van der Waals surface area contributed by atoms with Crippen molar-refractivity contribution in [2.75, 3.05) is 5.73 Å². The third kappa shape index (κ3) is 3.79. The molecule has 0 bridgehead atoms. The number of aryl methyl sites for hydroxylation is 1. The maximum Gasteiger partial charge on any atom is 0.158 e. The summed E-state index contributed by atoms with van der Waals surface area (Å²) >= 11 is 13.4. The topological polar surface area (TPSA) is 82.5 Å². The molecule has 3 aromatic rings. The van der Waals surface area contributed by atoms with Crippen LogP contribution in [0, 0.1) is 11.8 Å². The van der Waals surface area contributed by atoms with E-state index in [0.717, 1.165) is 4.90 Å². The third-order valence-electron chi connectivity index (χ3n) is 2.82. The van der Waals surface area contributed by atoms with Crippen molar-refractivity contribution in [1.29, 1.82) is 0 Å². The van der Waals surface area contributed by atoms with Gasteiger partial charge in [-0.25, -0.2) is 15.0 Å². The molecule has 0 amide bonds. The van der Waals surface area contributed by atoms with Gasteiger partial charge in [0.25, 0.3) is 0 Å². The molecule has 3 rings (SSSR count). The molecule has 3 heterocycles. The lowest BCUT2D eigenvalue weighted by atomic mass is 10.3. The van der Waals surface area contributed by atoms with E-state index in [4.69, 9.17) is 28.9 Å². The molecule has 0 aromatic carbocycles. The summed E-state index contributed by atoms with van der Waals surface area (Å²) in [5.41, 5.74) is 6.91. The highest BCUT2D eigenvalue weighted by Crippen LogP contribution is 2.35. The monoisotopic (exact) mass is 376 g/mol. The fourth-order valence-electron chi connectivity index (χ4n) is 1.75. The zero-order valence-corrected chi connectivity index (χ0v) is 14.7. The van der Waals surface area contributed by atoms with Crippen LogP contribution in [-0.2, 0) is 7.05 Å². The van der Waals surface area contributed by atoms with E-state index in [1.165, 1.54) is 18.0 Å². The Morgan fingerprint density at radius 3 is 2.75 bits per heavy atom. The van der Waals surface area contributed by atoms with Crippen molar-refractivity contribution < 1.29 is 0 Å². The van der Waals surface area contributed by atoms with Crippen LogP contribution in [0.3, 0.4) is 0 Å². The molecule has 3 aromatic heterocycles. The lowest BCUT2D eigenvalue weighted by molar-refractivity contribution is 0.764. The summed E-state index contributed by atoms with van der Waals surface area (Å²) in [6.07, 6.45) is 4.86. The van der Waals surface area contributed by atoms with Gasteiger partial charge in [0.15, 0.2) is 5.82 Å². The molecule has 0 spiro atoms. The number of pyridine rings is 1. The first kappa shape index (κ1) is 16.6. The second kappa shape index (κ2) is 7.09. The molecule has 0 saturated heterocycles. The molecule has 0 fully saturated rings. The van der Waals surface area contributed by atoms with Crippen LogP contribution in [0.5, 0.6) is 0 Å². The van der Waals surface area contributed by atoms with E-state index in [1.807, 2.05) is 19.3 Å². The molecule has 0 aliphatic carbocycles. The maximum absolute atomic E-state index is 6.39. The second-order valence-corrected chi connectivity index (χ2v) is 6.38. The molecule has 0 aliphatic rings. The van der Waals surface area contributed by atoms with Crippen LogP contribution in [-0.4, -0.2) is 24.7 Å². The number of rotatable bonds is 2. The van der Waals surface area contributed by atoms with E-state index in [0.29, 0.717) is 21.4 Å². The van der Waals surface area contributed by atoms with Gasteiger partial charge in [0.05, 0.1) is 11.2 Å². The Bertz CT molecular complexity index is 960. The predicted molar refractivity (Wildman–Crippen MR) is 94.0 cm³/mol. The summed E-state index contributed by atoms with van der Waals surface area (Å²) in [6, 6.07) is 3.57. The van der Waals surface area contributed by atoms with Crippen molar-refractivity contribution in [1.82, 2.24) is 24.7 Å². The van der Waals surface area contributed by atoms with Gasteiger partial charge in [0.2, 0.25) is 0 Å². The van der Waals surface area contributed by atoms with Crippen LogP contribution in [0.1, 0.15) is 11.4 Å². The summed E-state index contributed by atoms with van der Waals surface area (Å²) < 4.78 is 1.67. The minimum Gasteiger partial charge on any atom is -0.381 e. The molecule has 0 radical (unpaired) electrons. The first-order chi connectivity index (χ1) is 11.5. The molecule has 0 aliphatic heterocycles. The molecule has 2 N–H and O–H groups in total. The largest absolute Gasteiger partial charge is 0.381 e. The van der Waals surface area contributed by atoms with Crippen molar-refractivity contribution in [2.24, 2.45) is 7.05 Å². The van der Waals surface area contributed by atoms with Gasteiger partial charge in [0, 0.05) is 24.3 Å². The van der Waals surface area contributed by atoms with Crippen LogP contribution in [0.25, 0.3) is 0 Å². The van der Waals surface area contributed by atoms with Crippen molar-refractivity contribution >= 4 is 40.8 Å². The van der Waals surface area contributed by atoms with Crippen molar-refractivity contribution in [3.8, 4) is 11.8 Å². The number of aromatic nitrogens is 5. The molecule has 6 nitrogen and oxygen atoms in total. The van der Waals surface area contributed by atoms with Crippen LogP contribution < -0.4 is 5.73 Å². The quantitative estimate of drug-likeness (QED) is 0.692. The summed E-state index contributed by atoms with van der Waals surface area (Å²) in [4.78, 5) is 13.0. The van der Waals surface area contributed by atoms with E-state index >= 15 is 0 Å². The van der Waals surface area contributed by atoms with Crippen LogP contribution >= 0.6 is 35.0 Å². The third-order valence-corrected chi connectivity index (χ3v) is 4.56. The minimum absolute atomic E-state index is 0.236. The normalized spacial score (nSPS) is 10.3. The molecule has 0 atom stereocenters. The van der Waals surface area contributed by atoms with E-state index in [1.54, 1.807) is 16.9 Å². The Kier molecular flexibility index (Phi) is 4.90. The molecule has 0 unspecified atom stereocenters. The Morgan fingerprint density at radius 2 is 2.04 bits per heavy atom. The smallest absolute Gasteiger partial charge is 0.158 e. The van der Waals surface area contributed by atoms with E-state index in [9.17, 15) is 0 Å². The zero-order chi connectivity index (χ0) is 17.1. The average molecular weight is 377 g/mol. The number of hydrogen-bond acceptors (Lipinski definition) is 6. The summed E-state index contributed by atoms with van der Waals surface area (Å²) in [7, 11) is 1.82. The highest BCUT2D eigenvalue weighted by Gasteiger charge is 2.11. The minimum atomic E-state index is 0.236. The number of halogens is 2. The average Bonchev–Trinajstić information content (AvgIpc) is 2.96. The SMILES string of the molecule is Cn1ccc(C#Cc2nccc(Sc3ncc(Cl)nc3N)c2Cl)n1. The number of nitrogens with zero attached hydrogens (tertiary/aromatic N) is 5. The lowest BCUT2D eigenvalue weighted by Gasteiger charge is -2.06. The fourth-order valence-corrected chi connectivity index (χ4v) is 2.94. The fraction of sp³-hybridized carbons (Fsp3) is 0.0667. The van der Waals surface area contributed by atoms with Crippen LogP contribution in [0.4, 0.5) is 5.82 Å². The lowest BCUT2D eigenvalue weighted by Crippen LogP contribution is -1.96. The van der Waals surface area contributed by atoms with Gasteiger partial charge in [-0.15, -0.1) is 0 Å². The first-order valence-corrected chi connectivity index (χ1v) is 8.22. The number of nitrogen functional groups attached to an aromatic ring is 1. The number of hydrogen-bond donors (Lipinski definition) is 1. The van der Waals surface area contributed by atoms with Gasteiger partial charge >= 0.3 is 0 Å². The van der Waals surface area contributed by atoms with Gasteiger partial charge < -0.3 is 5.73 Å². The van der Waals surface area contributed by atoms with Gasteiger partial charge in [-0.2, -0.15) is 5.10 Å². The van der Waals surface area contributed by atoms with E-state index in [2.05, 4.69) is 31.9 Å². The number of anilines is 1. The Balaban J connectivity index is 1.89. The number of nitrogens with two attached hydrogens (primary N) is 1. The van der Waals surface area contributed by atoms with Crippen molar-refractivity contribution in [3.63, 3.8) is 0 Å². The van der Waals surface area contributed by atoms with Crippen LogP contribution in [0.15, 0.2) is 40.6 Å².